The fourth-order valence-corrected chi connectivity index (χ4v) is 4.72. The molecule has 0 saturated carbocycles. The van der Waals surface area contributed by atoms with Crippen molar-refractivity contribution in [3.63, 3.8) is 0 Å². The van der Waals surface area contributed by atoms with Crippen molar-refractivity contribution in [1.29, 1.82) is 0 Å². The minimum atomic E-state index is -3.61. The molecule has 2 rings (SSSR count). The first-order valence-electron chi connectivity index (χ1n) is 7.02. The second kappa shape index (κ2) is 7.09. The topological polar surface area (TPSA) is 66.8 Å². The fraction of sp³-hybridized carbons (Fsp3) is 0.571. The Kier molecular flexibility index (Phi) is 5.65. The molecule has 7 heteroatoms. The van der Waals surface area contributed by atoms with Crippen LogP contribution in [-0.4, -0.2) is 44.1 Å². The number of nitrogens with zero attached hydrogens (tertiary/aromatic N) is 1. The zero-order chi connectivity index (χ0) is 15.5. The van der Waals surface area contributed by atoms with Crippen LogP contribution in [0.3, 0.4) is 0 Å². The number of aliphatic hydroxyl groups excluding tert-OH is 1. The van der Waals surface area contributed by atoms with Gasteiger partial charge in [0, 0.05) is 24.2 Å². The van der Waals surface area contributed by atoms with Gasteiger partial charge in [0.2, 0.25) is 10.0 Å². The van der Waals surface area contributed by atoms with Gasteiger partial charge in [-0.25, -0.2) is 8.42 Å². The van der Waals surface area contributed by atoms with Crippen LogP contribution >= 0.6 is 15.9 Å². The van der Waals surface area contributed by atoms with Crippen LogP contribution in [0, 0.1) is 5.92 Å². The average Bonchev–Trinajstić information content (AvgIpc) is 2.49. The predicted octanol–water partition coefficient (Wildman–Crippen LogP) is 2.24. The standard InChI is InChI=1S/C14H20BrNO4S/c1-2-20-13-6-5-12(15)8-14(13)21(18,19)16-7-3-4-11(9-16)10-17/h5-6,8,11,17H,2-4,7,9-10H2,1H3. The highest BCUT2D eigenvalue weighted by Crippen LogP contribution is 2.32. The minimum absolute atomic E-state index is 0.0104. The summed E-state index contributed by atoms with van der Waals surface area (Å²) in [6.45, 7) is 3.08. The zero-order valence-corrected chi connectivity index (χ0v) is 14.4. The molecule has 0 aliphatic carbocycles. The van der Waals surface area contributed by atoms with Crippen LogP contribution < -0.4 is 4.74 Å². The molecule has 1 atom stereocenters. The van der Waals surface area contributed by atoms with Crippen LogP contribution in [0.1, 0.15) is 19.8 Å². The van der Waals surface area contributed by atoms with Gasteiger partial charge in [0.05, 0.1) is 6.61 Å². The van der Waals surface area contributed by atoms with Crippen LogP contribution in [0.5, 0.6) is 5.75 Å². The van der Waals surface area contributed by atoms with Crippen molar-refractivity contribution < 1.29 is 18.3 Å². The van der Waals surface area contributed by atoms with E-state index in [9.17, 15) is 13.5 Å². The summed E-state index contributed by atoms with van der Waals surface area (Å²) in [5.74, 6) is 0.378. The van der Waals surface area contributed by atoms with Crippen molar-refractivity contribution in [2.75, 3.05) is 26.3 Å². The quantitative estimate of drug-likeness (QED) is 0.854. The first-order chi connectivity index (χ1) is 9.98. The summed E-state index contributed by atoms with van der Waals surface area (Å²) in [7, 11) is -3.61. The predicted molar refractivity (Wildman–Crippen MR) is 83.9 cm³/mol. The molecule has 0 radical (unpaired) electrons. The molecule has 0 spiro atoms. The van der Waals surface area contributed by atoms with Gasteiger partial charge in [-0.1, -0.05) is 15.9 Å². The van der Waals surface area contributed by atoms with Crippen molar-refractivity contribution in [3.05, 3.63) is 22.7 Å². The van der Waals surface area contributed by atoms with Crippen molar-refractivity contribution >= 4 is 26.0 Å². The molecule has 1 saturated heterocycles. The first-order valence-corrected chi connectivity index (χ1v) is 9.25. The third-order valence-electron chi connectivity index (χ3n) is 3.56. The molecule has 1 aliphatic heterocycles. The number of rotatable bonds is 5. The van der Waals surface area contributed by atoms with E-state index in [0.29, 0.717) is 29.9 Å². The Balaban J connectivity index is 2.36. The molecule has 21 heavy (non-hydrogen) atoms. The number of sulfonamides is 1. The van der Waals surface area contributed by atoms with Gasteiger partial charge in [-0.05, 0) is 43.9 Å². The van der Waals surface area contributed by atoms with Crippen molar-refractivity contribution in [1.82, 2.24) is 4.31 Å². The Bertz CT molecular complexity index is 591. The maximum Gasteiger partial charge on any atom is 0.246 e. The summed E-state index contributed by atoms with van der Waals surface area (Å²) in [6.07, 6.45) is 1.63. The molecule has 1 aromatic carbocycles. The van der Waals surface area contributed by atoms with Crippen LogP contribution in [-0.2, 0) is 10.0 Å². The minimum Gasteiger partial charge on any atom is -0.492 e. The zero-order valence-electron chi connectivity index (χ0n) is 12.0. The van der Waals surface area contributed by atoms with Gasteiger partial charge >= 0.3 is 0 Å². The fourth-order valence-electron chi connectivity index (χ4n) is 2.49. The summed E-state index contributed by atoms with van der Waals surface area (Å²) in [5.41, 5.74) is 0. The van der Waals surface area contributed by atoms with Gasteiger partial charge < -0.3 is 9.84 Å². The number of aliphatic hydroxyl groups is 1. The van der Waals surface area contributed by atoms with E-state index >= 15 is 0 Å². The maximum atomic E-state index is 12.8. The van der Waals surface area contributed by atoms with Crippen molar-refractivity contribution in [3.8, 4) is 5.75 Å². The average molecular weight is 378 g/mol. The second-order valence-electron chi connectivity index (χ2n) is 5.08. The molecule has 1 aliphatic rings. The summed E-state index contributed by atoms with van der Waals surface area (Å²) in [6, 6.07) is 4.99. The van der Waals surface area contributed by atoms with Gasteiger partial charge in [-0.2, -0.15) is 4.31 Å². The third-order valence-corrected chi connectivity index (χ3v) is 5.94. The lowest BCUT2D eigenvalue weighted by molar-refractivity contribution is 0.165. The number of halogens is 1. The van der Waals surface area contributed by atoms with Crippen molar-refractivity contribution in [2.45, 2.75) is 24.7 Å². The third kappa shape index (κ3) is 3.77. The van der Waals surface area contributed by atoms with Gasteiger partial charge in [-0.3, -0.25) is 0 Å². The summed E-state index contributed by atoms with van der Waals surface area (Å²) in [5, 5.41) is 9.27. The lowest BCUT2D eigenvalue weighted by atomic mass is 10.0. The molecule has 1 fully saturated rings. The maximum absolute atomic E-state index is 12.8. The molecule has 5 nitrogen and oxygen atoms in total. The highest BCUT2D eigenvalue weighted by atomic mass is 79.9. The molecular weight excluding hydrogens is 358 g/mol. The summed E-state index contributed by atoms with van der Waals surface area (Å²) >= 11 is 3.31. The van der Waals surface area contributed by atoms with Crippen LogP contribution in [0.25, 0.3) is 0 Å². The number of benzene rings is 1. The Labute approximate surface area is 134 Å². The van der Waals surface area contributed by atoms with Crippen LogP contribution in [0.2, 0.25) is 0 Å². The van der Waals surface area contributed by atoms with E-state index in [2.05, 4.69) is 15.9 Å². The van der Waals surface area contributed by atoms with E-state index < -0.39 is 10.0 Å². The molecule has 1 N–H and O–H groups in total. The molecular formula is C14H20BrNO4S. The monoisotopic (exact) mass is 377 g/mol. The lowest BCUT2D eigenvalue weighted by Crippen LogP contribution is -2.41. The second-order valence-corrected chi connectivity index (χ2v) is 7.90. The largest absolute Gasteiger partial charge is 0.492 e. The molecule has 1 unspecified atom stereocenters. The van der Waals surface area contributed by atoms with Gasteiger partial charge in [0.15, 0.2) is 0 Å². The SMILES string of the molecule is CCOc1ccc(Br)cc1S(=O)(=O)N1CCCC(CO)C1. The number of hydrogen-bond donors (Lipinski definition) is 1. The van der Waals surface area contributed by atoms with Gasteiger partial charge in [0.1, 0.15) is 10.6 Å². The number of piperidine rings is 1. The van der Waals surface area contributed by atoms with E-state index in [4.69, 9.17) is 4.74 Å². The molecule has 118 valence electrons. The van der Waals surface area contributed by atoms with Crippen molar-refractivity contribution in [2.24, 2.45) is 5.92 Å². The molecule has 0 aromatic heterocycles. The normalized spacial score (nSPS) is 20.4. The molecule has 1 aromatic rings. The smallest absolute Gasteiger partial charge is 0.246 e. The summed E-state index contributed by atoms with van der Waals surface area (Å²) < 4.78 is 33.3. The van der Waals surface area contributed by atoms with E-state index in [1.54, 1.807) is 18.2 Å². The highest BCUT2D eigenvalue weighted by Gasteiger charge is 2.32. The Morgan fingerprint density at radius 2 is 2.24 bits per heavy atom. The molecule has 0 amide bonds. The van der Waals surface area contributed by atoms with Gasteiger partial charge in [-0.15, -0.1) is 0 Å². The Morgan fingerprint density at radius 3 is 2.90 bits per heavy atom. The van der Waals surface area contributed by atoms with E-state index in [0.717, 1.165) is 12.8 Å². The van der Waals surface area contributed by atoms with Crippen LogP contribution in [0.15, 0.2) is 27.6 Å². The van der Waals surface area contributed by atoms with Crippen LogP contribution in [0.4, 0.5) is 0 Å². The lowest BCUT2D eigenvalue weighted by Gasteiger charge is -2.31. The Hall–Kier alpha value is -0.630. The Morgan fingerprint density at radius 1 is 1.48 bits per heavy atom. The molecule has 1 heterocycles. The number of ether oxygens (including phenoxy) is 1. The highest BCUT2D eigenvalue weighted by molar-refractivity contribution is 9.10. The summed E-state index contributed by atoms with van der Waals surface area (Å²) in [4.78, 5) is 0.178. The van der Waals surface area contributed by atoms with E-state index in [-0.39, 0.29) is 17.4 Å². The first kappa shape index (κ1) is 16.7. The van der Waals surface area contributed by atoms with Gasteiger partial charge in [0.25, 0.3) is 0 Å². The van der Waals surface area contributed by atoms with E-state index in [1.165, 1.54) is 4.31 Å². The number of hydrogen-bond acceptors (Lipinski definition) is 4. The molecule has 0 bridgehead atoms. The van der Waals surface area contributed by atoms with E-state index in [1.807, 2.05) is 6.92 Å².